The van der Waals surface area contributed by atoms with Crippen molar-refractivity contribution >= 4 is 23.0 Å². The van der Waals surface area contributed by atoms with Crippen LogP contribution in [0, 0.1) is 12.8 Å². The summed E-state index contributed by atoms with van der Waals surface area (Å²) in [4.78, 5) is 38.6. The molecule has 0 saturated carbocycles. The van der Waals surface area contributed by atoms with E-state index in [0.29, 0.717) is 32.0 Å². The highest BCUT2D eigenvalue weighted by atomic mass is 16.6. The molecule has 0 spiro atoms. The lowest BCUT2D eigenvalue weighted by molar-refractivity contribution is -0.133. The number of fused-ring (bicyclic) bond motifs is 2. The number of ether oxygens (including phenoxy) is 2. The Kier molecular flexibility index (Phi) is 7.53. The van der Waals surface area contributed by atoms with Gasteiger partial charge in [-0.25, -0.2) is 9.78 Å². The van der Waals surface area contributed by atoms with Gasteiger partial charge in [0.2, 0.25) is 5.91 Å². The number of benzene rings is 1. The Morgan fingerprint density at radius 2 is 1.90 bits per heavy atom. The van der Waals surface area contributed by atoms with E-state index in [4.69, 9.17) is 14.5 Å². The molecule has 8 nitrogen and oxygen atoms in total. The lowest BCUT2D eigenvalue weighted by Gasteiger charge is -2.35. The lowest BCUT2D eigenvalue weighted by atomic mass is 9.86. The van der Waals surface area contributed by atoms with Gasteiger partial charge in [0.15, 0.2) is 0 Å². The first-order chi connectivity index (χ1) is 19.7. The van der Waals surface area contributed by atoms with Gasteiger partial charge in [-0.1, -0.05) is 0 Å². The number of nitrogens with zero attached hydrogens (tertiary/aromatic N) is 3. The molecule has 3 aliphatic heterocycles. The average molecular weight is 559 g/mol. The van der Waals surface area contributed by atoms with Gasteiger partial charge in [0, 0.05) is 62.6 Å². The number of likely N-dealkylation sites (tertiary alicyclic amines) is 1. The SMILES string of the molecule is Cc1c[nH]c2ncc(-c3cc4c(c([C@@H]5CCCN5C(=O)OC(C)(C)C)c3)CCN(C(=O)CC3CCOCC3)C4)cc12. The van der Waals surface area contributed by atoms with E-state index >= 15 is 0 Å². The van der Waals surface area contributed by atoms with E-state index in [0.717, 1.165) is 73.0 Å². The number of aromatic nitrogens is 2. The average Bonchev–Trinajstić information content (AvgIpc) is 3.59. The van der Waals surface area contributed by atoms with E-state index in [1.165, 1.54) is 16.7 Å². The maximum atomic E-state index is 13.4. The van der Waals surface area contributed by atoms with Crippen molar-refractivity contribution in [3.8, 4) is 11.1 Å². The van der Waals surface area contributed by atoms with E-state index in [1.807, 2.05) is 43.0 Å². The summed E-state index contributed by atoms with van der Waals surface area (Å²) in [5, 5.41) is 1.10. The summed E-state index contributed by atoms with van der Waals surface area (Å²) in [5.74, 6) is 0.639. The quantitative estimate of drug-likeness (QED) is 0.405. The topological polar surface area (TPSA) is 87.8 Å². The van der Waals surface area contributed by atoms with Crippen LogP contribution in [0.4, 0.5) is 4.79 Å². The molecule has 1 aromatic carbocycles. The molecule has 8 heteroatoms. The van der Waals surface area contributed by atoms with Crippen molar-refractivity contribution in [1.82, 2.24) is 19.8 Å². The Balaban J connectivity index is 1.36. The first kappa shape index (κ1) is 27.8. The summed E-state index contributed by atoms with van der Waals surface area (Å²) in [7, 11) is 0. The van der Waals surface area contributed by atoms with Gasteiger partial charge in [-0.05, 0) is 112 Å². The number of H-pyrrole nitrogens is 1. The monoisotopic (exact) mass is 558 g/mol. The molecule has 1 N–H and O–H groups in total. The number of aryl methyl sites for hydroxylation is 1. The summed E-state index contributed by atoms with van der Waals surface area (Å²) in [6.07, 6.45) is 8.78. The van der Waals surface area contributed by atoms with Gasteiger partial charge in [-0.15, -0.1) is 0 Å². The number of carbonyl (C=O) groups excluding carboxylic acids is 2. The zero-order valence-corrected chi connectivity index (χ0v) is 24.8. The van der Waals surface area contributed by atoms with Gasteiger partial charge < -0.3 is 24.3 Å². The number of amides is 2. The third kappa shape index (κ3) is 5.85. The second-order valence-corrected chi connectivity index (χ2v) is 13.0. The highest BCUT2D eigenvalue weighted by molar-refractivity contribution is 5.85. The van der Waals surface area contributed by atoms with Crippen LogP contribution in [0.15, 0.2) is 30.6 Å². The smallest absolute Gasteiger partial charge is 0.410 e. The minimum atomic E-state index is -0.549. The maximum Gasteiger partial charge on any atom is 0.410 e. The minimum Gasteiger partial charge on any atom is -0.444 e. The van der Waals surface area contributed by atoms with Crippen molar-refractivity contribution in [2.75, 3.05) is 26.3 Å². The number of pyridine rings is 1. The highest BCUT2D eigenvalue weighted by Crippen LogP contribution is 2.40. The van der Waals surface area contributed by atoms with E-state index in [9.17, 15) is 9.59 Å². The molecular weight excluding hydrogens is 516 g/mol. The molecule has 1 atom stereocenters. The number of hydrogen-bond donors (Lipinski definition) is 1. The third-order valence-electron chi connectivity index (χ3n) is 8.84. The molecule has 2 aromatic heterocycles. The summed E-state index contributed by atoms with van der Waals surface area (Å²) >= 11 is 0. The molecule has 3 aromatic rings. The summed E-state index contributed by atoms with van der Waals surface area (Å²) in [5.41, 5.74) is 7.22. The number of rotatable bonds is 4. The van der Waals surface area contributed by atoms with E-state index in [1.54, 1.807) is 0 Å². The molecule has 2 fully saturated rings. The summed E-state index contributed by atoms with van der Waals surface area (Å²) in [6, 6.07) is 6.64. The van der Waals surface area contributed by atoms with Crippen LogP contribution in [0.3, 0.4) is 0 Å². The zero-order valence-electron chi connectivity index (χ0n) is 24.8. The first-order valence-corrected chi connectivity index (χ1v) is 15.1. The van der Waals surface area contributed by atoms with Crippen molar-refractivity contribution in [2.45, 2.75) is 84.4 Å². The number of hydrogen-bond acceptors (Lipinski definition) is 5. The normalized spacial score (nSPS) is 20.0. The van der Waals surface area contributed by atoms with Gasteiger partial charge in [0.05, 0.1) is 6.04 Å². The Bertz CT molecular complexity index is 1450. The van der Waals surface area contributed by atoms with E-state index in [-0.39, 0.29) is 18.0 Å². The molecule has 3 aliphatic rings. The van der Waals surface area contributed by atoms with Gasteiger partial charge in [-0.2, -0.15) is 0 Å². The van der Waals surface area contributed by atoms with Crippen LogP contribution in [0.2, 0.25) is 0 Å². The fourth-order valence-electron chi connectivity index (χ4n) is 6.66. The molecule has 0 aliphatic carbocycles. The maximum absolute atomic E-state index is 13.4. The van der Waals surface area contributed by atoms with Crippen LogP contribution in [-0.2, 0) is 27.2 Å². The zero-order chi connectivity index (χ0) is 28.7. The molecule has 2 saturated heterocycles. The Morgan fingerprint density at radius 1 is 1.10 bits per heavy atom. The number of carbonyl (C=O) groups is 2. The molecule has 2 amide bonds. The van der Waals surface area contributed by atoms with Crippen molar-refractivity contribution in [3.05, 3.63) is 52.8 Å². The van der Waals surface area contributed by atoms with Crippen LogP contribution < -0.4 is 0 Å². The number of nitrogens with one attached hydrogen (secondary N) is 1. The Morgan fingerprint density at radius 3 is 2.68 bits per heavy atom. The van der Waals surface area contributed by atoms with Gasteiger partial charge >= 0.3 is 6.09 Å². The highest BCUT2D eigenvalue weighted by Gasteiger charge is 2.36. The van der Waals surface area contributed by atoms with Crippen molar-refractivity contribution < 1.29 is 19.1 Å². The predicted octanol–water partition coefficient (Wildman–Crippen LogP) is 6.31. The number of aromatic amines is 1. The predicted molar refractivity (Wildman–Crippen MR) is 158 cm³/mol. The molecular formula is C33H42N4O4. The van der Waals surface area contributed by atoms with Crippen molar-refractivity contribution in [1.29, 1.82) is 0 Å². The van der Waals surface area contributed by atoms with E-state index < -0.39 is 5.60 Å². The summed E-state index contributed by atoms with van der Waals surface area (Å²) < 4.78 is 11.3. The van der Waals surface area contributed by atoms with Gasteiger partial charge in [0.1, 0.15) is 11.2 Å². The fraction of sp³-hybridized carbons (Fsp3) is 0.545. The second-order valence-electron chi connectivity index (χ2n) is 13.0. The second kappa shape index (κ2) is 11.1. The van der Waals surface area contributed by atoms with Crippen LogP contribution in [0.1, 0.15) is 81.2 Å². The lowest BCUT2D eigenvalue weighted by Crippen LogP contribution is -2.39. The molecule has 41 heavy (non-hydrogen) atoms. The largest absolute Gasteiger partial charge is 0.444 e. The Labute approximate surface area is 242 Å². The standard InChI is InChI=1S/C33H42N4O4/c1-21-18-34-31-27(21)17-24(19-35-31)23-15-25-20-36(30(38)14-22-8-12-40-13-9-22)11-7-26(25)28(16-23)29-6-5-10-37(29)32(39)41-33(2,3)4/h15-19,22,29H,5-14,20H2,1-4H3,(H,34,35)/t29-/m0/s1. The fourth-order valence-corrected chi connectivity index (χ4v) is 6.66. The molecule has 0 bridgehead atoms. The van der Waals surface area contributed by atoms with E-state index in [2.05, 4.69) is 30.1 Å². The van der Waals surface area contributed by atoms with Crippen LogP contribution in [0.5, 0.6) is 0 Å². The van der Waals surface area contributed by atoms with Crippen LogP contribution >= 0.6 is 0 Å². The van der Waals surface area contributed by atoms with Crippen molar-refractivity contribution in [3.63, 3.8) is 0 Å². The van der Waals surface area contributed by atoms with Gasteiger partial charge in [-0.3, -0.25) is 4.79 Å². The Hall–Kier alpha value is -3.39. The van der Waals surface area contributed by atoms with Gasteiger partial charge in [0.25, 0.3) is 0 Å². The minimum absolute atomic E-state index is 0.0475. The molecule has 0 radical (unpaired) electrons. The molecule has 5 heterocycles. The van der Waals surface area contributed by atoms with Crippen molar-refractivity contribution in [2.24, 2.45) is 5.92 Å². The molecule has 218 valence electrons. The van der Waals surface area contributed by atoms with Crippen LogP contribution in [-0.4, -0.2) is 63.7 Å². The summed E-state index contributed by atoms with van der Waals surface area (Å²) in [6.45, 7) is 11.3. The molecule has 6 rings (SSSR count). The molecule has 0 unspecified atom stereocenters. The third-order valence-corrected chi connectivity index (χ3v) is 8.84. The first-order valence-electron chi connectivity index (χ1n) is 15.1. The van der Waals surface area contributed by atoms with Crippen LogP contribution in [0.25, 0.3) is 22.2 Å².